The van der Waals surface area contributed by atoms with Crippen molar-refractivity contribution in [3.8, 4) is 33.4 Å². The molecular formula is C94H104F3N15O9S3. The Morgan fingerprint density at radius 2 is 0.766 bits per heavy atom. The van der Waals surface area contributed by atoms with Gasteiger partial charge < -0.3 is 43.6 Å². The lowest BCUT2D eigenvalue weighted by Crippen LogP contribution is -2.58. The predicted molar refractivity (Wildman–Crippen MR) is 482 cm³/mol. The molecule has 0 saturated carbocycles. The second-order valence-electron chi connectivity index (χ2n) is 35.5. The Morgan fingerprint density at radius 3 is 1.11 bits per heavy atom. The van der Waals surface area contributed by atoms with Crippen molar-refractivity contribution >= 4 is 103 Å². The van der Waals surface area contributed by atoms with Crippen LogP contribution in [0.25, 0.3) is 66.1 Å². The zero-order valence-electron chi connectivity index (χ0n) is 71.0. The van der Waals surface area contributed by atoms with Gasteiger partial charge in [-0.3, -0.25) is 42.8 Å². The number of rotatable bonds is 12. The van der Waals surface area contributed by atoms with Crippen LogP contribution >= 0.6 is 35.3 Å². The lowest BCUT2D eigenvalue weighted by Gasteiger charge is -2.44. The summed E-state index contributed by atoms with van der Waals surface area (Å²) in [6.07, 6.45) is 8.05. The van der Waals surface area contributed by atoms with Gasteiger partial charge in [0.05, 0.1) is 54.7 Å². The smallest absolute Gasteiger partial charge is 0.350 e. The number of ether oxygens (including phenoxy) is 3. The van der Waals surface area contributed by atoms with Gasteiger partial charge in [-0.05, 0) is 174 Å². The maximum Gasteiger partial charge on any atom is 0.350 e. The minimum Gasteiger partial charge on any atom is -0.375 e. The third-order valence-corrected chi connectivity index (χ3v) is 31.4. The highest BCUT2D eigenvalue weighted by Crippen LogP contribution is 2.50. The highest BCUT2D eigenvalue weighted by molar-refractivity contribution is 8.00. The van der Waals surface area contributed by atoms with Crippen molar-refractivity contribution in [3.05, 3.63) is 195 Å². The summed E-state index contributed by atoms with van der Waals surface area (Å²) in [7, 11) is 0. The molecule has 3 aromatic heterocycles. The molecule has 15 heterocycles. The molecule has 0 aliphatic carbocycles. The number of piperazine rings is 3. The Bertz CT molecular complexity index is 5980. The molecule has 0 spiro atoms. The van der Waals surface area contributed by atoms with E-state index in [1.807, 2.05) is 80.7 Å². The van der Waals surface area contributed by atoms with Crippen molar-refractivity contribution in [2.45, 2.75) is 181 Å². The number of thioether (sulfide) groups is 3. The van der Waals surface area contributed by atoms with Gasteiger partial charge in [-0.2, -0.15) is 15.0 Å². The zero-order chi connectivity index (χ0) is 86.1. The maximum absolute atomic E-state index is 14.0. The van der Waals surface area contributed by atoms with Crippen LogP contribution in [0.3, 0.4) is 0 Å². The SMILES string of the molecule is C=CC(=O)N1CCN(c2nc(=O)n3c4c(c(-c5ccc(F)cc5)c(C)cc24)SCC(N2C[C@@H]4C[C@H]2CO4)C3)CC1.C=CC(=O)N1C[C@H](C)N(c2nc(=O)n3c4c(c(-c5ccc(F)cc5)c(C)cc24)SCC(N2C[C@@H]4C[C@H]2CO4)C3)C[C@H]1C.C=CC(=O)N1[C@H](C)CN(c2nc(=O)n3c4c(c(-c5ccc(F)cc5)c(C)cc24)SCC(N2C[C@@H]4C[C@H]2CO4)C3)C[C@@H]1C. The van der Waals surface area contributed by atoms with Crippen molar-refractivity contribution in [1.82, 2.24) is 58.1 Å². The van der Waals surface area contributed by atoms with Crippen molar-refractivity contribution in [2.75, 3.05) is 124 Å². The molecular weight excluding hydrogens is 1640 g/mol. The number of anilines is 3. The van der Waals surface area contributed by atoms with Gasteiger partial charge >= 0.3 is 17.1 Å². The van der Waals surface area contributed by atoms with E-state index in [0.717, 1.165) is 173 Å². The van der Waals surface area contributed by atoms with Crippen molar-refractivity contribution in [2.24, 2.45) is 0 Å². The topological polar surface area (TPSA) is 213 Å². The summed E-state index contributed by atoms with van der Waals surface area (Å²) in [5.41, 5.74) is 11.0. The second-order valence-corrected chi connectivity index (χ2v) is 38.6. The van der Waals surface area contributed by atoms with Gasteiger partial charge in [0.1, 0.15) is 34.9 Å². The summed E-state index contributed by atoms with van der Waals surface area (Å²) in [5.74, 6) is 3.44. The van der Waals surface area contributed by atoms with Crippen LogP contribution in [0.15, 0.2) is 158 Å². The van der Waals surface area contributed by atoms with Gasteiger partial charge in [0.25, 0.3) is 0 Å². The average Bonchev–Trinajstić information content (AvgIpc) is 1.39. The molecule has 12 aliphatic heterocycles. The standard InChI is InChI=1S/2C32H36FN5O3S.C30H32FN5O3S/c1-5-27(39)35-12-20(4)36(13-19(35)3)31-26-10-18(2)28(21-6-8-22(33)9-7-21)30-29(26)38(32(40)34-31)14-24(17-42-30)37-15-25-11-23(37)16-41-25;1-5-27(39)38-19(3)12-35(13-20(38)4)31-26-10-18(2)28(21-6-8-22(33)9-7-21)30-29(26)37(32(40)34-31)14-24(17-42-30)36-15-25-11-23(36)16-41-25;1-3-25(37)33-8-10-34(11-9-33)29-24-12-18(2)26(19-4-6-20(31)7-5-19)28-27(24)36(30(38)32-29)14-22(17-40-28)35-15-23-13-21(35)16-39-23/h2*5-10,19-20,23-25H,1,11-17H2,2-4H3;3-7,12,21-23H,1,8-11,13-17H2,2H3/t19-,20+,23+,24?,25+;19-,20+,23-,24?,25-;21-,22?,23-/m100/s1. The molecule has 9 aromatic rings. The zero-order valence-corrected chi connectivity index (χ0v) is 73.5. The van der Waals surface area contributed by atoms with E-state index in [0.29, 0.717) is 108 Å². The van der Waals surface area contributed by atoms with Gasteiger partial charge in [0, 0.05) is 217 Å². The fraction of sp³-hybridized carbons (Fsp3) is 0.457. The number of carbonyl (C=O) groups is 3. The minimum atomic E-state index is -0.275. The molecule has 6 aromatic carbocycles. The van der Waals surface area contributed by atoms with E-state index in [1.54, 1.807) is 40.2 Å². The minimum absolute atomic E-state index is 0.0396. The van der Waals surface area contributed by atoms with Crippen molar-refractivity contribution in [3.63, 3.8) is 0 Å². The van der Waals surface area contributed by atoms with E-state index in [1.165, 1.54) is 54.6 Å². The number of benzene rings is 6. The number of aromatic nitrogens is 6. The molecule has 0 radical (unpaired) electrons. The number of nitrogens with zero attached hydrogens (tertiary/aromatic N) is 15. The first-order valence-electron chi connectivity index (χ1n) is 43.5. The lowest BCUT2D eigenvalue weighted by molar-refractivity contribution is -0.131. The number of aryl methyl sites for hydroxylation is 3. The van der Waals surface area contributed by atoms with Crippen molar-refractivity contribution in [1.29, 1.82) is 0 Å². The Kier molecular flexibility index (Phi) is 23.0. The van der Waals surface area contributed by atoms with E-state index in [9.17, 15) is 41.9 Å². The first kappa shape index (κ1) is 83.9. The van der Waals surface area contributed by atoms with Gasteiger partial charge in [0.15, 0.2) is 0 Å². The van der Waals surface area contributed by atoms with Gasteiger partial charge in [-0.15, -0.1) is 35.3 Å². The number of morpholine rings is 3. The fourth-order valence-electron chi connectivity index (χ4n) is 21.8. The number of hydrogen-bond acceptors (Lipinski definition) is 21. The highest BCUT2D eigenvalue weighted by Gasteiger charge is 2.48. The Morgan fingerprint density at radius 1 is 0.411 bits per heavy atom. The van der Waals surface area contributed by atoms with Crippen LogP contribution in [0, 0.1) is 38.2 Å². The van der Waals surface area contributed by atoms with E-state index in [4.69, 9.17) is 24.2 Å². The first-order chi connectivity index (χ1) is 59.9. The molecule has 30 heteroatoms. The number of halogens is 3. The number of amides is 3. The fourth-order valence-corrected chi connectivity index (χ4v) is 26.1. The van der Waals surface area contributed by atoms with Gasteiger partial charge in [-0.1, -0.05) is 56.1 Å². The van der Waals surface area contributed by atoms with E-state index < -0.39 is 0 Å². The Hall–Kier alpha value is -9.63. The van der Waals surface area contributed by atoms with E-state index >= 15 is 0 Å². The summed E-state index contributed by atoms with van der Waals surface area (Å²) in [6.45, 7) is 36.5. The van der Waals surface area contributed by atoms with Crippen molar-refractivity contribution < 1.29 is 41.8 Å². The maximum atomic E-state index is 14.0. The predicted octanol–water partition coefficient (Wildman–Crippen LogP) is 11.4. The van der Waals surface area contributed by atoms with Crippen LogP contribution < -0.4 is 31.8 Å². The molecule has 3 amide bonds. The molecule has 24 nitrogen and oxygen atoms in total. The molecule has 9 fully saturated rings. The summed E-state index contributed by atoms with van der Waals surface area (Å²) < 4.78 is 65.0. The van der Waals surface area contributed by atoms with Gasteiger partial charge in [-0.25, -0.2) is 27.6 Å². The first-order valence-corrected chi connectivity index (χ1v) is 46.4. The van der Waals surface area contributed by atoms with Crippen LogP contribution in [0.1, 0.15) is 63.6 Å². The summed E-state index contributed by atoms with van der Waals surface area (Å²) in [5, 5.41) is 2.83. The van der Waals surface area contributed by atoms with E-state index in [2.05, 4.69) is 100 Å². The third-order valence-electron chi connectivity index (χ3n) is 27.7. The number of fused-ring (bicyclic) bond motifs is 6. The molecule has 124 heavy (non-hydrogen) atoms. The molecule has 9 saturated heterocycles. The molecule has 21 rings (SSSR count). The van der Waals surface area contributed by atoms with Crippen LogP contribution in [0.2, 0.25) is 0 Å². The summed E-state index contributed by atoms with van der Waals surface area (Å²) >= 11 is 5.37. The quantitative estimate of drug-likeness (QED) is 0.104. The average molecular weight is 1740 g/mol. The third kappa shape index (κ3) is 15.2. The summed E-state index contributed by atoms with van der Waals surface area (Å²) in [6, 6.07) is 27.7. The molecule has 6 bridgehead atoms. The Balaban J connectivity index is 0.000000122. The normalized spacial score (nSPS) is 26.5. The Labute approximate surface area is 731 Å². The molecule has 12 aliphatic rings. The highest BCUT2D eigenvalue weighted by atomic mass is 32.2. The number of hydrogen-bond donors (Lipinski definition) is 0. The molecule has 648 valence electrons. The van der Waals surface area contributed by atoms with Crippen LogP contribution in [0.4, 0.5) is 30.6 Å². The van der Waals surface area contributed by atoms with Crippen LogP contribution in [0.5, 0.6) is 0 Å². The second kappa shape index (κ2) is 33.9. The molecule has 3 unspecified atom stereocenters. The van der Waals surface area contributed by atoms with Crippen LogP contribution in [-0.4, -0.2) is 264 Å². The number of likely N-dealkylation sites (tertiary alicyclic amines) is 3. The van der Waals surface area contributed by atoms with Gasteiger partial charge in [0.2, 0.25) is 17.7 Å². The molecule has 13 atom stereocenters. The van der Waals surface area contributed by atoms with E-state index in [-0.39, 0.29) is 113 Å². The summed E-state index contributed by atoms with van der Waals surface area (Å²) in [4.78, 5) is 116. The molecule has 0 N–H and O–H groups in total. The monoisotopic (exact) mass is 1740 g/mol. The number of carbonyl (C=O) groups excluding carboxylic acids is 3. The van der Waals surface area contributed by atoms with Crippen LogP contribution in [-0.2, 0) is 48.2 Å². The largest absolute Gasteiger partial charge is 0.375 e. The lowest BCUT2D eigenvalue weighted by atomic mass is 9.97.